The summed E-state index contributed by atoms with van der Waals surface area (Å²) in [5, 5.41) is 0. The molecule has 3 rings (SSSR count). The minimum absolute atomic E-state index is 0.0466. The normalized spacial score (nSPS) is 14.4. The maximum atomic E-state index is 12.9. The highest BCUT2D eigenvalue weighted by molar-refractivity contribution is 7.92. The number of hydrogen-bond acceptors (Lipinski definition) is 4. The van der Waals surface area contributed by atoms with E-state index in [0.717, 1.165) is 11.1 Å². The number of ketones is 1. The molecule has 5 nitrogen and oxygen atoms in total. The molecule has 126 valence electrons. The number of sulfonamides is 1. The van der Waals surface area contributed by atoms with Gasteiger partial charge in [0.1, 0.15) is 5.75 Å². The molecule has 1 aliphatic rings. The Morgan fingerprint density at radius 1 is 1.17 bits per heavy atom. The van der Waals surface area contributed by atoms with Crippen LogP contribution in [0.2, 0.25) is 0 Å². The molecule has 0 aromatic heterocycles. The van der Waals surface area contributed by atoms with Gasteiger partial charge in [0.2, 0.25) is 10.0 Å². The number of rotatable bonds is 4. The molecule has 0 saturated heterocycles. The van der Waals surface area contributed by atoms with Crippen LogP contribution in [0.15, 0.2) is 42.5 Å². The smallest absolute Gasteiger partial charge is 0.239 e. The predicted molar refractivity (Wildman–Crippen MR) is 93.1 cm³/mol. The van der Waals surface area contributed by atoms with Crippen molar-refractivity contribution >= 4 is 21.5 Å². The Hall–Kier alpha value is -2.34. The summed E-state index contributed by atoms with van der Waals surface area (Å²) >= 11 is 0. The molecule has 0 N–H and O–H groups in total. The van der Waals surface area contributed by atoms with Crippen LogP contribution in [0.4, 0.5) is 5.69 Å². The van der Waals surface area contributed by atoms with E-state index in [2.05, 4.69) is 0 Å². The summed E-state index contributed by atoms with van der Waals surface area (Å²) in [6.45, 7) is 2.09. The van der Waals surface area contributed by atoms with Gasteiger partial charge in [0.25, 0.3) is 0 Å². The van der Waals surface area contributed by atoms with E-state index in [-0.39, 0.29) is 24.5 Å². The third-order valence-corrected chi connectivity index (χ3v) is 5.83. The van der Waals surface area contributed by atoms with Crippen LogP contribution in [0.25, 0.3) is 0 Å². The van der Waals surface area contributed by atoms with E-state index in [0.29, 0.717) is 17.0 Å². The third-order valence-electron chi connectivity index (χ3n) is 4.08. The van der Waals surface area contributed by atoms with Gasteiger partial charge in [-0.1, -0.05) is 29.8 Å². The van der Waals surface area contributed by atoms with Gasteiger partial charge < -0.3 is 4.74 Å². The number of nitrogens with zero attached hydrogens (tertiary/aromatic N) is 1. The lowest BCUT2D eigenvalue weighted by Gasteiger charge is -2.30. The highest BCUT2D eigenvalue weighted by Crippen LogP contribution is 2.33. The highest BCUT2D eigenvalue weighted by Gasteiger charge is 2.31. The lowest BCUT2D eigenvalue weighted by molar-refractivity contribution is 0.0982. The lowest BCUT2D eigenvalue weighted by atomic mass is 10.0. The van der Waals surface area contributed by atoms with Crippen LogP contribution < -0.4 is 9.04 Å². The van der Waals surface area contributed by atoms with Crippen molar-refractivity contribution in [2.75, 3.05) is 18.0 Å². The van der Waals surface area contributed by atoms with Crippen molar-refractivity contribution in [3.05, 3.63) is 59.2 Å². The standard InChI is InChI=1S/C18H19NO4S/c1-13-4-3-5-14(10-13)12-24(21,22)19-9-8-18(20)16-7-6-15(23-2)11-17(16)19/h3-7,10-11H,8-9,12H2,1-2H3. The molecule has 1 heterocycles. The number of methoxy groups -OCH3 is 1. The van der Waals surface area contributed by atoms with Crippen LogP contribution in [-0.2, 0) is 15.8 Å². The molecule has 2 aromatic rings. The molecule has 1 aliphatic heterocycles. The molecular formula is C18H19NO4S. The van der Waals surface area contributed by atoms with E-state index in [1.807, 2.05) is 25.1 Å². The number of aryl methyl sites for hydroxylation is 1. The minimum Gasteiger partial charge on any atom is -0.497 e. The van der Waals surface area contributed by atoms with E-state index in [9.17, 15) is 13.2 Å². The molecule has 0 saturated carbocycles. The molecule has 0 aliphatic carbocycles. The van der Waals surface area contributed by atoms with Crippen molar-refractivity contribution in [2.24, 2.45) is 0 Å². The largest absolute Gasteiger partial charge is 0.497 e. The van der Waals surface area contributed by atoms with Crippen molar-refractivity contribution in [3.63, 3.8) is 0 Å². The number of carbonyl (C=O) groups is 1. The third kappa shape index (κ3) is 3.14. The first kappa shape index (κ1) is 16.5. The molecule has 0 bridgehead atoms. The number of anilines is 1. The second-order valence-electron chi connectivity index (χ2n) is 5.87. The van der Waals surface area contributed by atoms with Gasteiger partial charge >= 0.3 is 0 Å². The monoisotopic (exact) mass is 345 g/mol. The number of Topliss-reactive ketones (excluding diaryl/α,β-unsaturated/α-hetero) is 1. The summed E-state index contributed by atoms with van der Waals surface area (Å²) in [4.78, 5) is 12.1. The second-order valence-corrected chi connectivity index (χ2v) is 7.77. The van der Waals surface area contributed by atoms with Gasteiger partial charge in [0.05, 0.1) is 18.6 Å². The van der Waals surface area contributed by atoms with Crippen LogP contribution in [0.1, 0.15) is 27.9 Å². The molecule has 0 amide bonds. The number of benzene rings is 2. The van der Waals surface area contributed by atoms with E-state index in [1.54, 1.807) is 24.3 Å². The summed E-state index contributed by atoms with van der Waals surface area (Å²) < 4.78 is 32.3. The average molecular weight is 345 g/mol. The molecule has 6 heteroatoms. The highest BCUT2D eigenvalue weighted by atomic mass is 32.2. The van der Waals surface area contributed by atoms with E-state index >= 15 is 0 Å². The zero-order valence-corrected chi connectivity index (χ0v) is 14.5. The minimum atomic E-state index is -3.59. The molecule has 24 heavy (non-hydrogen) atoms. The van der Waals surface area contributed by atoms with Crippen LogP contribution in [-0.4, -0.2) is 27.9 Å². The van der Waals surface area contributed by atoms with Gasteiger partial charge in [0, 0.05) is 24.6 Å². The molecule has 0 fully saturated rings. The van der Waals surface area contributed by atoms with Crippen LogP contribution in [0.5, 0.6) is 5.75 Å². The van der Waals surface area contributed by atoms with Crippen molar-refractivity contribution in [1.82, 2.24) is 0 Å². The van der Waals surface area contributed by atoms with Gasteiger partial charge in [-0.3, -0.25) is 9.10 Å². The molecule has 0 atom stereocenters. The van der Waals surface area contributed by atoms with Crippen molar-refractivity contribution in [2.45, 2.75) is 19.1 Å². The predicted octanol–water partition coefficient (Wildman–Crippen LogP) is 2.93. The van der Waals surface area contributed by atoms with Gasteiger partial charge in [-0.05, 0) is 24.6 Å². The first-order chi connectivity index (χ1) is 11.4. The Morgan fingerprint density at radius 3 is 2.67 bits per heavy atom. The van der Waals surface area contributed by atoms with Crippen molar-refractivity contribution in [1.29, 1.82) is 0 Å². The Morgan fingerprint density at radius 2 is 1.96 bits per heavy atom. The first-order valence-electron chi connectivity index (χ1n) is 7.68. The summed E-state index contributed by atoms with van der Waals surface area (Å²) in [5.41, 5.74) is 2.57. The number of carbonyl (C=O) groups excluding carboxylic acids is 1. The van der Waals surface area contributed by atoms with Crippen molar-refractivity contribution in [3.8, 4) is 5.75 Å². The maximum Gasteiger partial charge on any atom is 0.239 e. The summed E-state index contributed by atoms with van der Waals surface area (Å²) in [6.07, 6.45) is 0.187. The van der Waals surface area contributed by atoms with Gasteiger partial charge in [-0.25, -0.2) is 8.42 Å². The second kappa shape index (κ2) is 6.28. The quantitative estimate of drug-likeness (QED) is 0.855. The average Bonchev–Trinajstić information content (AvgIpc) is 2.54. The summed E-state index contributed by atoms with van der Waals surface area (Å²) in [7, 11) is -2.08. The zero-order chi connectivity index (χ0) is 17.3. The maximum absolute atomic E-state index is 12.9. The molecule has 0 spiro atoms. The van der Waals surface area contributed by atoms with Crippen LogP contribution in [0.3, 0.4) is 0 Å². The van der Waals surface area contributed by atoms with Crippen molar-refractivity contribution < 1.29 is 17.9 Å². The zero-order valence-electron chi connectivity index (χ0n) is 13.7. The molecular weight excluding hydrogens is 326 g/mol. The molecule has 0 radical (unpaired) electrons. The van der Waals surface area contributed by atoms with E-state index in [1.165, 1.54) is 11.4 Å². The topological polar surface area (TPSA) is 63.7 Å². The summed E-state index contributed by atoms with van der Waals surface area (Å²) in [5.74, 6) is 0.383. The molecule has 2 aromatic carbocycles. The summed E-state index contributed by atoms with van der Waals surface area (Å²) in [6, 6.07) is 12.3. The van der Waals surface area contributed by atoms with Gasteiger partial charge in [-0.15, -0.1) is 0 Å². The Balaban J connectivity index is 2.00. The van der Waals surface area contributed by atoms with Crippen LogP contribution in [0, 0.1) is 6.92 Å². The fourth-order valence-corrected chi connectivity index (χ4v) is 4.49. The van der Waals surface area contributed by atoms with Crippen LogP contribution >= 0.6 is 0 Å². The fraction of sp³-hybridized carbons (Fsp3) is 0.278. The van der Waals surface area contributed by atoms with E-state index < -0.39 is 10.0 Å². The van der Waals surface area contributed by atoms with E-state index in [4.69, 9.17) is 4.74 Å². The SMILES string of the molecule is COc1ccc2c(c1)N(S(=O)(=O)Cc1cccc(C)c1)CCC2=O. The number of ether oxygens (including phenoxy) is 1. The van der Waals surface area contributed by atoms with Gasteiger partial charge in [0.15, 0.2) is 5.78 Å². The van der Waals surface area contributed by atoms with Gasteiger partial charge in [-0.2, -0.15) is 0 Å². The molecule has 0 unspecified atom stereocenters. The first-order valence-corrected chi connectivity index (χ1v) is 9.29. The lowest BCUT2D eigenvalue weighted by Crippen LogP contribution is -2.38. The Kier molecular flexibility index (Phi) is 4.32. The Bertz CT molecular complexity index is 890. The number of hydrogen-bond donors (Lipinski definition) is 0. The Labute approximate surface area is 141 Å². The number of fused-ring (bicyclic) bond motifs is 1. The fourth-order valence-electron chi connectivity index (χ4n) is 2.92.